The van der Waals surface area contributed by atoms with Crippen LogP contribution in [-0.2, 0) is 0 Å². The lowest BCUT2D eigenvalue weighted by Crippen LogP contribution is -2.01. The van der Waals surface area contributed by atoms with E-state index in [4.69, 9.17) is 0 Å². The third-order valence-electron chi connectivity index (χ3n) is 1.60. The van der Waals surface area contributed by atoms with Crippen LogP contribution in [0.4, 0.5) is 0 Å². The largest absolute Gasteiger partial charge is 0.283 e. The van der Waals surface area contributed by atoms with Crippen molar-refractivity contribution in [1.29, 1.82) is 0 Å². The zero-order valence-electron chi connectivity index (χ0n) is 8.86. The Morgan fingerprint density at radius 1 is 1.50 bits per heavy atom. The highest BCUT2D eigenvalue weighted by Crippen LogP contribution is 2.00. The summed E-state index contributed by atoms with van der Waals surface area (Å²) in [6.07, 6.45) is 5.30. The van der Waals surface area contributed by atoms with Gasteiger partial charge in [0.25, 0.3) is 0 Å². The van der Waals surface area contributed by atoms with Crippen LogP contribution in [0.5, 0.6) is 0 Å². The summed E-state index contributed by atoms with van der Waals surface area (Å²) < 4.78 is 0. The maximum Gasteiger partial charge on any atom is 0.116 e. The van der Waals surface area contributed by atoms with Crippen LogP contribution >= 0.6 is 0 Å². The monoisotopic (exact) mass is 189 g/mol. The molecule has 0 saturated carbocycles. The van der Waals surface area contributed by atoms with Crippen molar-refractivity contribution in [3.63, 3.8) is 0 Å². The average Bonchev–Trinajstić information content (AvgIpc) is 2.18. The van der Waals surface area contributed by atoms with Crippen molar-refractivity contribution in [1.82, 2.24) is 9.97 Å². The molecule has 0 aliphatic carbocycles. The standard InChI is InChI=1S/C11H15N3/c1-4-13-11(7-9(2)3)10-5-6-12-8-14-10/h5-8H,4H2,1-3H3. The first-order valence-corrected chi connectivity index (χ1v) is 4.69. The third-order valence-corrected chi connectivity index (χ3v) is 1.60. The highest BCUT2D eigenvalue weighted by atomic mass is 14.8. The molecular weight excluding hydrogens is 174 g/mol. The molecule has 0 aromatic carbocycles. The maximum absolute atomic E-state index is 4.38. The Hall–Kier alpha value is -1.51. The van der Waals surface area contributed by atoms with Gasteiger partial charge in [-0.3, -0.25) is 4.99 Å². The van der Waals surface area contributed by atoms with E-state index in [-0.39, 0.29) is 0 Å². The SMILES string of the molecule is CCN=C(C=C(C)C)c1ccncn1. The number of allylic oxidation sites excluding steroid dienone is 2. The van der Waals surface area contributed by atoms with Crippen LogP contribution < -0.4 is 0 Å². The van der Waals surface area contributed by atoms with Crippen LogP contribution in [-0.4, -0.2) is 22.2 Å². The zero-order valence-corrected chi connectivity index (χ0v) is 8.86. The van der Waals surface area contributed by atoms with Gasteiger partial charge in [0.2, 0.25) is 0 Å². The van der Waals surface area contributed by atoms with E-state index in [1.807, 2.05) is 32.9 Å². The Morgan fingerprint density at radius 3 is 2.79 bits per heavy atom. The highest BCUT2D eigenvalue weighted by molar-refractivity contribution is 6.07. The van der Waals surface area contributed by atoms with Gasteiger partial charge < -0.3 is 0 Å². The predicted octanol–water partition coefficient (Wildman–Crippen LogP) is 2.25. The van der Waals surface area contributed by atoms with Crippen LogP contribution in [0, 0.1) is 0 Å². The molecule has 0 spiro atoms. The number of aliphatic imine (C=N–C) groups is 1. The predicted molar refractivity (Wildman–Crippen MR) is 58.5 cm³/mol. The second kappa shape index (κ2) is 5.27. The summed E-state index contributed by atoms with van der Waals surface area (Å²) in [5.74, 6) is 0. The quantitative estimate of drug-likeness (QED) is 0.684. The molecule has 0 N–H and O–H groups in total. The molecule has 3 nitrogen and oxygen atoms in total. The molecule has 14 heavy (non-hydrogen) atoms. The fourth-order valence-corrected chi connectivity index (χ4v) is 1.09. The lowest BCUT2D eigenvalue weighted by Gasteiger charge is -2.00. The molecule has 0 bridgehead atoms. The van der Waals surface area contributed by atoms with Gasteiger partial charge in [-0.15, -0.1) is 0 Å². The molecule has 0 saturated heterocycles. The average molecular weight is 189 g/mol. The summed E-state index contributed by atoms with van der Waals surface area (Å²) in [6, 6.07) is 1.87. The van der Waals surface area contributed by atoms with Crippen LogP contribution in [0.1, 0.15) is 26.5 Å². The summed E-state index contributed by atoms with van der Waals surface area (Å²) >= 11 is 0. The second-order valence-electron chi connectivity index (χ2n) is 3.18. The molecule has 74 valence electrons. The topological polar surface area (TPSA) is 38.1 Å². The Balaban J connectivity index is 3.02. The Kier molecular flexibility index (Phi) is 3.98. The fraction of sp³-hybridized carbons (Fsp3) is 0.364. The molecule has 1 aromatic rings. The molecule has 0 fully saturated rings. The van der Waals surface area contributed by atoms with Gasteiger partial charge >= 0.3 is 0 Å². The number of hydrogen-bond donors (Lipinski definition) is 0. The van der Waals surface area contributed by atoms with E-state index in [9.17, 15) is 0 Å². The van der Waals surface area contributed by atoms with Crippen molar-refractivity contribution < 1.29 is 0 Å². The molecular formula is C11H15N3. The minimum Gasteiger partial charge on any atom is -0.283 e. The first-order chi connectivity index (χ1) is 6.74. The normalized spacial score (nSPS) is 11.2. The number of aromatic nitrogens is 2. The van der Waals surface area contributed by atoms with Gasteiger partial charge in [0, 0.05) is 12.7 Å². The van der Waals surface area contributed by atoms with Gasteiger partial charge in [-0.05, 0) is 32.9 Å². The van der Waals surface area contributed by atoms with Crippen molar-refractivity contribution in [2.45, 2.75) is 20.8 Å². The van der Waals surface area contributed by atoms with Gasteiger partial charge in [0.15, 0.2) is 0 Å². The summed E-state index contributed by atoms with van der Waals surface area (Å²) in [5, 5.41) is 0. The molecule has 0 atom stereocenters. The molecule has 1 heterocycles. The first kappa shape index (κ1) is 10.6. The van der Waals surface area contributed by atoms with E-state index >= 15 is 0 Å². The van der Waals surface area contributed by atoms with E-state index in [0.717, 1.165) is 18.0 Å². The Labute approximate surface area is 84.6 Å². The van der Waals surface area contributed by atoms with E-state index in [1.165, 1.54) is 5.57 Å². The van der Waals surface area contributed by atoms with Crippen LogP contribution in [0.2, 0.25) is 0 Å². The minimum atomic E-state index is 0.767. The molecule has 0 aliphatic rings. The van der Waals surface area contributed by atoms with Gasteiger partial charge in [-0.1, -0.05) is 5.57 Å². The van der Waals surface area contributed by atoms with E-state index < -0.39 is 0 Å². The lowest BCUT2D eigenvalue weighted by atomic mass is 10.2. The van der Waals surface area contributed by atoms with Crippen LogP contribution in [0.3, 0.4) is 0 Å². The summed E-state index contributed by atoms with van der Waals surface area (Å²) in [4.78, 5) is 12.4. The lowest BCUT2D eigenvalue weighted by molar-refractivity contribution is 1.10. The van der Waals surface area contributed by atoms with Crippen molar-refractivity contribution in [2.24, 2.45) is 4.99 Å². The maximum atomic E-state index is 4.38. The molecule has 0 radical (unpaired) electrons. The second-order valence-corrected chi connectivity index (χ2v) is 3.18. The van der Waals surface area contributed by atoms with Gasteiger partial charge in [0.1, 0.15) is 6.33 Å². The van der Waals surface area contributed by atoms with Crippen molar-refractivity contribution in [3.05, 3.63) is 35.9 Å². The van der Waals surface area contributed by atoms with E-state index in [2.05, 4.69) is 15.0 Å². The molecule has 1 aromatic heterocycles. The summed E-state index contributed by atoms with van der Waals surface area (Å²) in [7, 11) is 0. The molecule has 0 aliphatic heterocycles. The van der Waals surface area contributed by atoms with Gasteiger partial charge in [-0.2, -0.15) is 0 Å². The fourth-order valence-electron chi connectivity index (χ4n) is 1.09. The van der Waals surface area contributed by atoms with Crippen molar-refractivity contribution in [2.75, 3.05) is 6.54 Å². The minimum absolute atomic E-state index is 0.767. The Morgan fingerprint density at radius 2 is 2.29 bits per heavy atom. The van der Waals surface area contributed by atoms with Gasteiger partial charge in [0.05, 0.1) is 11.4 Å². The highest BCUT2D eigenvalue weighted by Gasteiger charge is 1.99. The first-order valence-electron chi connectivity index (χ1n) is 4.69. The number of rotatable bonds is 3. The molecule has 1 rings (SSSR count). The van der Waals surface area contributed by atoms with Crippen LogP contribution in [0.15, 0.2) is 35.2 Å². The third kappa shape index (κ3) is 3.09. The number of nitrogens with zero attached hydrogens (tertiary/aromatic N) is 3. The van der Waals surface area contributed by atoms with E-state index in [0.29, 0.717) is 0 Å². The summed E-state index contributed by atoms with van der Waals surface area (Å²) in [5.41, 5.74) is 3.02. The number of hydrogen-bond acceptors (Lipinski definition) is 3. The molecule has 0 unspecified atom stereocenters. The molecule has 0 amide bonds. The van der Waals surface area contributed by atoms with Crippen molar-refractivity contribution >= 4 is 5.71 Å². The molecule has 3 heteroatoms. The van der Waals surface area contributed by atoms with Crippen LogP contribution in [0.25, 0.3) is 0 Å². The van der Waals surface area contributed by atoms with Gasteiger partial charge in [-0.25, -0.2) is 9.97 Å². The van der Waals surface area contributed by atoms with Crippen molar-refractivity contribution in [3.8, 4) is 0 Å². The Bertz CT molecular complexity index is 335. The van der Waals surface area contributed by atoms with E-state index in [1.54, 1.807) is 12.5 Å². The zero-order chi connectivity index (χ0) is 10.4. The smallest absolute Gasteiger partial charge is 0.116 e. The summed E-state index contributed by atoms with van der Waals surface area (Å²) in [6.45, 7) is 6.88.